The molecule has 0 bridgehead atoms. The van der Waals surface area contributed by atoms with Crippen LogP contribution in [0.4, 0.5) is 0 Å². The lowest BCUT2D eigenvalue weighted by Crippen LogP contribution is -2.19. The summed E-state index contributed by atoms with van der Waals surface area (Å²) in [6.07, 6.45) is 1.01. The Bertz CT molecular complexity index is 323. The van der Waals surface area contributed by atoms with E-state index >= 15 is 0 Å². The lowest BCUT2D eigenvalue weighted by molar-refractivity contribution is 0.238. The van der Waals surface area contributed by atoms with Gasteiger partial charge in [0.1, 0.15) is 5.75 Å². The van der Waals surface area contributed by atoms with Crippen LogP contribution in [-0.4, -0.2) is 12.1 Å². The van der Waals surface area contributed by atoms with Gasteiger partial charge in [-0.1, -0.05) is 12.1 Å². The van der Waals surface area contributed by atoms with Crippen molar-refractivity contribution in [3.05, 3.63) is 28.2 Å². The van der Waals surface area contributed by atoms with Crippen LogP contribution >= 0.6 is 15.9 Å². The largest absolute Gasteiger partial charge is 0.490 e. The Labute approximate surface area is 99.9 Å². The molecule has 0 radical (unpaired) electrons. The first-order chi connectivity index (χ1) is 7.00. The molecule has 0 saturated carbocycles. The fourth-order valence-corrected chi connectivity index (χ4v) is 1.93. The highest BCUT2D eigenvalue weighted by atomic mass is 79.9. The Kier molecular flexibility index (Phi) is 4.61. The molecule has 1 rings (SSSR count). The zero-order valence-corrected chi connectivity index (χ0v) is 11.0. The van der Waals surface area contributed by atoms with Crippen LogP contribution < -0.4 is 10.5 Å². The maximum Gasteiger partial charge on any atom is 0.137 e. The Morgan fingerprint density at radius 2 is 2.00 bits per heavy atom. The van der Waals surface area contributed by atoms with Crippen LogP contribution in [0, 0.1) is 0 Å². The summed E-state index contributed by atoms with van der Waals surface area (Å²) in [4.78, 5) is 0. The van der Waals surface area contributed by atoms with Crippen LogP contribution in [0.5, 0.6) is 5.75 Å². The maximum absolute atomic E-state index is 5.80. The van der Waals surface area contributed by atoms with Crippen LogP contribution in [0.2, 0.25) is 0 Å². The fraction of sp³-hybridized carbons (Fsp3) is 0.500. The van der Waals surface area contributed by atoms with Gasteiger partial charge in [-0.15, -0.1) is 0 Å². The van der Waals surface area contributed by atoms with Crippen LogP contribution in [0.3, 0.4) is 0 Å². The number of hydrogen-bond donors (Lipinski definition) is 1. The molecule has 15 heavy (non-hydrogen) atoms. The van der Waals surface area contributed by atoms with E-state index in [4.69, 9.17) is 10.5 Å². The molecule has 0 aliphatic heterocycles. The Morgan fingerprint density at radius 1 is 1.33 bits per heavy atom. The summed E-state index contributed by atoms with van der Waals surface area (Å²) >= 11 is 3.50. The number of para-hydroxylation sites is 1. The third-order valence-electron chi connectivity index (χ3n) is 1.94. The van der Waals surface area contributed by atoms with Crippen LogP contribution in [-0.2, 0) is 6.42 Å². The van der Waals surface area contributed by atoms with Crippen molar-refractivity contribution in [3.63, 3.8) is 0 Å². The van der Waals surface area contributed by atoms with Gasteiger partial charge in [0, 0.05) is 6.04 Å². The first-order valence-electron chi connectivity index (χ1n) is 5.20. The highest BCUT2D eigenvalue weighted by Crippen LogP contribution is 2.30. The molecule has 3 heteroatoms. The molecule has 0 amide bonds. The molecule has 0 heterocycles. The van der Waals surface area contributed by atoms with Crippen molar-refractivity contribution in [3.8, 4) is 5.75 Å². The van der Waals surface area contributed by atoms with Gasteiger partial charge < -0.3 is 10.5 Å². The van der Waals surface area contributed by atoms with E-state index in [0.717, 1.165) is 22.2 Å². The third-order valence-corrected chi connectivity index (χ3v) is 2.57. The molecule has 0 saturated heterocycles. The zero-order chi connectivity index (χ0) is 11.4. The van der Waals surface area contributed by atoms with Gasteiger partial charge in [-0.25, -0.2) is 0 Å². The minimum Gasteiger partial charge on any atom is -0.490 e. The van der Waals surface area contributed by atoms with Gasteiger partial charge in [-0.05, 0) is 54.8 Å². The quantitative estimate of drug-likeness (QED) is 0.914. The van der Waals surface area contributed by atoms with Crippen molar-refractivity contribution in [2.75, 3.05) is 0 Å². The number of ether oxygens (including phenoxy) is 1. The van der Waals surface area contributed by atoms with Gasteiger partial charge in [-0.3, -0.25) is 0 Å². The highest BCUT2D eigenvalue weighted by molar-refractivity contribution is 9.10. The summed E-state index contributed by atoms with van der Waals surface area (Å²) in [6.45, 7) is 6.05. The minimum absolute atomic E-state index is 0.147. The smallest absolute Gasteiger partial charge is 0.137 e. The second kappa shape index (κ2) is 5.52. The monoisotopic (exact) mass is 271 g/mol. The Hall–Kier alpha value is -0.540. The standard InChI is InChI=1S/C12H18BrNO/c1-8(2)15-12-10(7-9(3)14)5-4-6-11(12)13/h4-6,8-9H,7,14H2,1-3H3. The van der Waals surface area contributed by atoms with E-state index < -0.39 is 0 Å². The SMILES string of the molecule is CC(N)Cc1cccc(Br)c1OC(C)C. The number of nitrogens with two attached hydrogens (primary N) is 1. The van der Waals surface area contributed by atoms with E-state index in [1.807, 2.05) is 32.9 Å². The van der Waals surface area contributed by atoms with E-state index in [1.165, 1.54) is 0 Å². The molecule has 0 aliphatic carbocycles. The van der Waals surface area contributed by atoms with Gasteiger partial charge in [0.15, 0.2) is 0 Å². The van der Waals surface area contributed by atoms with E-state index in [2.05, 4.69) is 22.0 Å². The summed E-state index contributed by atoms with van der Waals surface area (Å²) in [5.74, 6) is 0.921. The van der Waals surface area contributed by atoms with Gasteiger partial charge in [0.05, 0.1) is 10.6 Å². The van der Waals surface area contributed by atoms with Crippen LogP contribution in [0.1, 0.15) is 26.3 Å². The van der Waals surface area contributed by atoms with Gasteiger partial charge in [0.2, 0.25) is 0 Å². The van der Waals surface area contributed by atoms with E-state index in [9.17, 15) is 0 Å². The second-order valence-electron chi connectivity index (χ2n) is 4.08. The molecular formula is C12H18BrNO. The summed E-state index contributed by atoms with van der Waals surface area (Å²) in [5, 5.41) is 0. The minimum atomic E-state index is 0.147. The Morgan fingerprint density at radius 3 is 2.53 bits per heavy atom. The van der Waals surface area contributed by atoms with Crippen molar-refractivity contribution in [1.82, 2.24) is 0 Å². The average molecular weight is 272 g/mol. The first kappa shape index (κ1) is 12.5. The summed E-state index contributed by atoms with van der Waals surface area (Å²) < 4.78 is 6.77. The molecule has 1 aromatic carbocycles. The van der Waals surface area contributed by atoms with Crippen LogP contribution in [0.25, 0.3) is 0 Å². The summed E-state index contributed by atoms with van der Waals surface area (Å²) in [7, 11) is 0. The number of hydrogen-bond acceptors (Lipinski definition) is 2. The predicted molar refractivity (Wildman–Crippen MR) is 67.3 cm³/mol. The summed E-state index contributed by atoms with van der Waals surface area (Å²) in [6, 6.07) is 6.21. The molecule has 1 aromatic rings. The van der Waals surface area contributed by atoms with Gasteiger partial charge in [-0.2, -0.15) is 0 Å². The van der Waals surface area contributed by atoms with Gasteiger partial charge >= 0.3 is 0 Å². The molecule has 2 N–H and O–H groups in total. The number of rotatable bonds is 4. The number of benzene rings is 1. The third kappa shape index (κ3) is 3.84. The topological polar surface area (TPSA) is 35.2 Å². The van der Waals surface area contributed by atoms with E-state index in [-0.39, 0.29) is 12.1 Å². The van der Waals surface area contributed by atoms with Crippen molar-refractivity contribution in [2.24, 2.45) is 5.73 Å². The lowest BCUT2D eigenvalue weighted by Gasteiger charge is -2.16. The molecule has 0 fully saturated rings. The van der Waals surface area contributed by atoms with Crippen molar-refractivity contribution < 1.29 is 4.74 Å². The molecule has 0 aromatic heterocycles. The van der Waals surface area contributed by atoms with Crippen LogP contribution in [0.15, 0.2) is 22.7 Å². The average Bonchev–Trinajstić information content (AvgIpc) is 2.09. The van der Waals surface area contributed by atoms with Crippen molar-refractivity contribution in [2.45, 2.75) is 39.3 Å². The first-order valence-corrected chi connectivity index (χ1v) is 5.99. The summed E-state index contributed by atoms with van der Waals surface area (Å²) in [5.41, 5.74) is 6.96. The molecule has 0 spiro atoms. The zero-order valence-electron chi connectivity index (χ0n) is 9.46. The molecule has 2 nitrogen and oxygen atoms in total. The molecular weight excluding hydrogens is 254 g/mol. The maximum atomic E-state index is 5.80. The van der Waals surface area contributed by atoms with E-state index in [1.54, 1.807) is 0 Å². The fourth-order valence-electron chi connectivity index (χ4n) is 1.43. The van der Waals surface area contributed by atoms with Gasteiger partial charge in [0.25, 0.3) is 0 Å². The van der Waals surface area contributed by atoms with Crippen molar-refractivity contribution in [1.29, 1.82) is 0 Å². The normalized spacial score (nSPS) is 12.9. The Balaban J connectivity index is 2.97. The molecule has 0 aliphatic rings. The highest BCUT2D eigenvalue weighted by Gasteiger charge is 2.10. The van der Waals surface area contributed by atoms with Crippen molar-refractivity contribution >= 4 is 15.9 Å². The number of halogens is 1. The van der Waals surface area contributed by atoms with E-state index in [0.29, 0.717) is 0 Å². The molecule has 1 atom stereocenters. The lowest BCUT2D eigenvalue weighted by atomic mass is 10.1. The molecule has 1 unspecified atom stereocenters. The predicted octanol–water partition coefficient (Wildman–Crippen LogP) is 3.13. The second-order valence-corrected chi connectivity index (χ2v) is 4.93. The molecule has 84 valence electrons.